The van der Waals surface area contributed by atoms with Crippen molar-refractivity contribution in [3.8, 4) is 23.1 Å². The van der Waals surface area contributed by atoms with E-state index in [1.807, 2.05) is 37.5 Å². The normalized spacial score (nSPS) is 20.2. The van der Waals surface area contributed by atoms with Crippen LogP contribution >= 0.6 is 0 Å². The molecule has 4 heterocycles. The maximum Gasteiger partial charge on any atom is 0.254 e. The number of hydrogen-bond acceptors (Lipinski definition) is 7. The number of aromatic nitrogens is 5. The molecule has 1 amide bonds. The Kier molecular flexibility index (Phi) is 5.32. The zero-order valence-corrected chi connectivity index (χ0v) is 19.4. The van der Waals surface area contributed by atoms with Crippen LogP contribution in [0.25, 0.3) is 22.2 Å². The highest BCUT2D eigenvalue weighted by Gasteiger charge is 2.31. The van der Waals surface area contributed by atoms with Gasteiger partial charge in [-0.25, -0.2) is 9.03 Å². The van der Waals surface area contributed by atoms with Gasteiger partial charge in [0.15, 0.2) is 0 Å². The first-order valence-corrected chi connectivity index (χ1v) is 11.3. The lowest BCUT2D eigenvalue weighted by Crippen LogP contribution is -2.31. The summed E-state index contributed by atoms with van der Waals surface area (Å²) < 4.78 is 9.07. The molecule has 10 heteroatoms. The van der Waals surface area contributed by atoms with Crippen LogP contribution in [0.4, 0.5) is 5.95 Å². The standard InChI is InChI=1S/C24H26N8O2/c1-24(14-25)8-4-16(5-9-24)28-23-29-22(34-3)20-17(7-11-32(20)30-23)15-6-10-31-19(12-15)18(13-27-31)21(33)26-2/h6-7,10-13,16H,4-5,8-9H2,1-3H3,(H,26,33)(H,28,30)/t16-,24-. The quantitative estimate of drug-likeness (QED) is 0.471. The third-order valence-electron chi connectivity index (χ3n) is 6.67. The molecular weight excluding hydrogens is 432 g/mol. The van der Waals surface area contributed by atoms with Gasteiger partial charge in [0.1, 0.15) is 5.52 Å². The van der Waals surface area contributed by atoms with E-state index in [-0.39, 0.29) is 17.4 Å². The number of fused-ring (bicyclic) bond motifs is 2. The van der Waals surface area contributed by atoms with Crippen LogP contribution in [0, 0.1) is 16.7 Å². The van der Waals surface area contributed by atoms with Gasteiger partial charge in [0, 0.05) is 31.0 Å². The zero-order valence-electron chi connectivity index (χ0n) is 19.4. The van der Waals surface area contributed by atoms with Crippen molar-refractivity contribution in [2.45, 2.75) is 38.6 Å². The van der Waals surface area contributed by atoms with Gasteiger partial charge in [0.25, 0.3) is 5.91 Å². The van der Waals surface area contributed by atoms with Crippen LogP contribution < -0.4 is 15.4 Å². The smallest absolute Gasteiger partial charge is 0.254 e. The first kappa shape index (κ1) is 21.7. The van der Waals surface area contributed by atoms with Crippen molar-refractivity contribution in [2.75, 3.05) is 19.5 Å². The molecule has 4 aromatic heterocycles. The highest BCUT2D eigenvalue weighted by atomic mass is 16.5. The molecule has 1 aliphatic carbocycles. The molecule has 174 valence electrons. The van der Waals surface area contributed by atoms with Crippen LogP contribution in [0.3, 0.4) is 0 Å². The molecule has 0 aliphatic heterocycles. The fourth-order valence-electron chi connectivity index (χ4n) is 4.58. The molecule has 34 heavy (non-hydrogen) atoms. The molecule has 1 aliphatic rings. The van der Waals surface area contributed by atoms with E-state index < -0.39 is 0 Å². The molecule has 0 spiro atoms. The van der Waals surface area contributed by atoms with Crippen molar-refractivity contribution in [2.24, 2.45) is 5.41 Å². The van der Waals surface area contributed by atoms with Crippen molar-refractivity contribution in [3.05, 3.63) is 42.4 Å². The first-order valence-electron chi connectivity index (χ1n) is 11.3. The molecule has 0 radical (unpaired) electrons. The van der Waals surface area contributed by atoms with Gasteiger partial charge in [0.2, 0.25) is 11.8 Å². The summed E-state index contributed by atoms with van der Waals surface area (Å²) in [4.78, 5) is 16.8. The van der Waals surface area contributed by atoms with Gasteiger partial charge in [-0.2, -0.15) is 15.3 Å². The molecule has 0 aromatic carbocycles. The highest BCUT2D eigenvalue weighted by molar-refractivity contribution is 6.01. The molecule has 0 bridgehead atoms. The summed E-state index contributed by atoms with van der Waals surface area (Å²) in [6.07, 6.45) is 8.73. The van der Waals surface area contributed by atoms with Crippen molar-refractivity contribution in [3.63, 3.8) is 0 Å². The number of hydrogen-bond donors (Lipinski definition) is 2. The number of rotatable bonds is 5. The van der Waals surface area contributed by atoms with E-state index in [1.165, 1.54) is 0 Å². The molecule has 1 saturated carbocycles. The van der Waals surface area contributed by atoms with Gasteiger partial charge >= 0.3 is 0 Å². The number of nitrogens with zero attached hydrogens (tertiary/aromatic N) is 6. The van der Waals surface area contributed by atoms with Crippen LogP contribution in [-0.4, -0.2) is 50.3 Å². The molecule has 5 rings (SSSR count). The predicted octanol–water partition coefficient (Wildman–Crippen LogP) is 3.30. The summed E-state index contributed by atoms with van der Waals surface area (Å²) in [6, 6.07) is 8.46. The van der Waals surface area contributed by atoms with Gasteiger partial charge in [-0.3, -0.25) is 4.79 Å². The number of ether oxygens (including phenoxy) is 1. The Bertz CT molecular complexity index is 1420. The summed E-state index contributed by atoms with van der Waals surface area (Å²) in [5.41, 5.74) is 3.48. The molecule has 0 saturated heterocycles. The van der Waals surface area contributed by atoms with E-state index in [9.17, 15) is 10.1 Å². The van der Waals surface area contributed by atoms with Crippen molar-refractivity contribution >= 4 is 22.9 Å². The maximum atomic E-state index is 12.2. The number of carbonyl (C=O) groups is 1. The maximum absolute atomic E-state index is 12.2. The third-order valence-corrected chi connectivity index (χ3v) is 6.67. The van der Waals surface area contributed by atoms with E-state index in [0.717, 1.165) is 42.3 Å². The Hall–Kier alpha value is -4.13. The summed E-state index contributed by atoms with van der Waals surface area (Å²) >= 11 is 0. The second-order valence-electron chi connectivity index (χ2n) is 8.94. The van der Waals surface area contributed by atoms with E-state index in [0.29, 0.717) is 22.9 Å². The van der Waals surface area contributed by atoms with Crippen LogP contribution in [0.2, 0.25) is 0 Å². The fourth-order valence-corrected chi connectivity index (χ4v) is 4.58. The lowest BCUT2D eigenvalue weighted by Gasteiger charge is -2.32. The van der Waals surface area contributed by atoms with Gasteiger partial charge in [-0.05, 0) is 56.4 Å². The van der Waals surface area contributed by atoms with Gasteiger partial charge in [-0.1, -0.05) is 0 Å². The van der Waals surface area contributed by atoms with Crippen molar-refractivity contribution in [1.82, 2.24) is 29.5 Å². The Labute approximate surface area is 196 Å². The highest BCUT2D eigenvalue weighted by Crippen LogP contribution is 2.36. The van der Waals surface area contributed by atoms with Gasteiger partial charge < -0.3 is 15.4 Å². The van der Waals surface area contributed by atoms with Crippen molar-refractivity contribution < 1.29 is 9.53 Å². The largest absolute Gasteiger partial charge is 0.479 e. The third kappa shape index (κ3) is 3.69. The Balaban J connectivity index is 1.49. The molecule has 10 nitrogen and oxygen atoms in total. The lowest BCUT2D eigenvalue weighted by molar-refractivity contribution is 0.0964. The monoisotopic (exact) mass is 458 g/mol. The van der Waals surface area contributed by atoms with E-state index in [1.54, 1.807) is 29.4 Å². The Morgan fingerprint density at radius 1 is 1.26 bits per heavy atom. The minimum absolute atomic E-state index is 0.191. The van der Waals surface area contributed by atoms with Crippen LogP contribution in [0.5, 0.6) is 5.88 Å². The van der Waals surface area contributed by atoms with Gasteiger partial charge in [-0.15, -0.1) is 5.10 Å². The number of anilines is 1. The topological polar surface area (TPSA) is 122 Å². The molecule has 4 aromatic rings. The fraction of sp³-hybridized carbons (Fsp3) is 0.375. The number of nitriles is 1. The Morgan fingerprint density at radius 3 is 2.74 bits per heavy atom. The molecule has 0 atom stereocenters. The first-order chi connectivity index (χ1) is 16.4. The number of nitrogens with one attached hydrogen (secondary N) is 2. The van der Waals surface area contributed by atoms with E-state index in [4.69, 9.17) is 4.74 Å². The minimum Gasteiger partial charge on any atom is -0.479 e. The molecular formula is C24H26N8O2. The average Bonchev–Trinajstić information content (AvgIpc) is 3.48. The van der Waals surface area contributed by atoms with E-state index >= 15 is 0 Å². The zero-order chi connectivity index (χ0) is 23.9. The molecule has 2 N–H and O–H groups in total. The summed E-state index contributed by atoms with van der Waals surface area (Å²) in [6.45, 7) is 2.02. The van der Waals surface area contributed by atoms with Crippen LogP contribution in [0.1, 0.15) is 43.0 Å². The number of methoxy groups -OCH3 is 1. The SMILES string of the molecule is CNC(=O)c1cnn2ccc(-c3ccn4nc(N[C@H]5CC[C@](C)(C#N)CC5)nc(OC)c34)cc12. The number of pyridine rings is 1. The molecule has 1 fully saturated rings. The summed E-state index contributed by atoms with van der Waals surface area (Å²) in [7, 11) is 3.19. The Morgan fingerprint density at radius 2 is 2.03 bits per heavy atom. The second-order valence-corrected chi connectivity index (χ2v) is 8.94. The number of carbonyl (C=O) groups excluding carboxylic acids is 1. The summed E-state index contributed by atoms with van der Waals surface area (Å²) in [5.74, 6) is 0.753. The number of amides is 1. The minimum atomic E-state index is -0.246. The van der Waals surface area contributed by atoms with Gasteiger partial charge in [0.05, 0.1) is 35.9 Å². The molecule has 0 unspecified atom stereocenters. The lowest BCUT2D eigenvalue weighted by atomic mass is 9.75. The van der Waals surface area contributed by atoms with Crippen LogP contribution in [0.15, 0.2) is 36.8 Å². The second kappa shape index (κ2) is 8.33. The van der Waals surface area contributed by atoms with Crippen molar-refractivity contribution in [1.29, 1.82) is 5.26 Å². The van der Waals surface area contributed by atoms with Crippen LogP contribution in [-0.2, 0) is 0 Å². The average molecular weight is 459 g/mol. The predicted molar refractivity (Wildman–Crippen MR) is 127 cm³/mol. The van der Waals surface area contributed by atoms with E-state index in [2.05, 4.69) is 31.9 Å². The summed E-state index contributed by atoms with van der Waals surface area (Å²) in [5, 5.41) is 24.4.